The molecule has 0 saturated carbocycles. The molecule has 0 radical (unpaired) electrons. The van der Waals surface area contributed by atoms with Crippen LogP contribution in [0.25, 0.3) is 72.6 Å². The van der Waals surface area contributed by atoms with Crippen LogP contribution in [0.1, 0.15) is 22.3 Å². The molecule has 4 nitrogen and oxygen atoms in total. The normalized spacial score (nSPS) is 11.2. The SMILES string of the molecule is Cc1cccc(C)c1-c1c(-c2c(C)cccc2C)n(-c2ccccn2)c2cc(N(c3cc(-c4ccccc4)cc(-c4ccccn4)c3)c3ccccc3-c3ccccc3)ccc12. The fourth-order valence-electron chi connectivity index (χ4n) is 9.20. The summed E-state index contributed by atoms with van der Waals surface area (Å²) >= 11 is 0. The first-order valence-electron chi connectivity index (χ1n) is 21.2. The lowest BCUT2D eigenvalue weighted by Crippen LogP contribution is -2.12. The molecule has 10 aromatic rings. The van der Waals surface area contributed by atoms with Gasteiger partial charge < -0.3 is 4.90 Å². The summed E-state index contributed by atoms with van der Waals surface area (Å²) in [4.78, 5) is 12.3. The van der Waals surface area contributed by atoms with E-state index in [1.807, 2.05) is 24.5 Å². The molecule has 7 aromatic carbocycles. The molecule has 3 heterocycles. The van der Waals surface area contributed by atoms with Crippen LogP contribution in [0.2, 0.25) is 0 Å². The Morgan fingerprint density at radius 1 is 0.403 bits per heavy atom. The molecule has 0 aliphatic carbocycles. The Labute approximate surface area is 364 Å². The largest absolute Gasteiger partial charge is 0.310 e. The zero-order valence-electron chi connectivity index (χ0n) is 35.4. The standard InChI is InChI=1S/C58H46N4/c1-39-19-17-20-40(2)55(39)57-50-32-31-47(38-53(50)62(54-30-14-16-34-60-54)58(57)56-41(3)21-18-22-42(56)4)61(52-29-12-11-27-49(52)44-25-9-6-10-26-44)48-36-45(43-23-7-5-8-24-43)35-46(37-48)51-28-13-15-33-59-51/h5-38H,1-4H3. The number of benzene rings is 7. The van der Waals surface area contributed by atoms with Gasteiger partial charge in [0.25, 0.3) is 0 Å². The van der Waals surface area contributed by atoms with E-state index in [-0.39, 0.29) is 0 Å². The van der Waals surface area contributed by atoms with E-state index in [9.17, 15) is 0 Å². The number of aryl methyl sites for hydroxylation is 4. The summed E-state index contributed by atoms with van der Waals surface area (Å²) in [5.41, 5.74) is 20.4. The molecule has 0 N–H and O–H groups in total. The van der Waals surface area contributed by atoms with Gasteiger partial charge in [-0.3, -0.25) is 9.55 Å². The predicted octanol–water partition coefficient (Wildman–Crippen LogP) is 15.5. The van der Waals surface area contributed by atoms with Gasteiger partial charge in [0.05, 0.1) is 22.6 Å². The maximum Gasteiger partial charge on any atom is 0.137 e. The van der Waals surface area contributed by atoms with Gasteiger partial charge in [-0.25, -0.2) is 4.98 Å². The summed E-state index contributed by atoms with van der Waals surface area (Å²) in [7, 11) is 0. The molecule has 4 heteroatoms. The summed E-state index contributed by atoms with van der Waals surface area (Å²) in [6.07, 6.45) is 3.77. The molecule has 62 heavy (non-hydrogen) atoms. The summed E-state index contributed by atoms with van der Waals surface area (Å²) < 4.78 is 2.40. The molecule has 298 valence electrons. The van der Waals surface area contributed by atoms with Gasteiger partial charge in [-0.2, -0.15) is 0 Å². The van der Waals surface area contributed by atoms with Crippen LogP contribution in [0.4, 0.5) is 17.1 Å². The van der Waals surface area contributed by atoms with E-state index >= 15 is 0 Å². The third-order valence-electron chi connectivity index (χ3n) is 12.0. The Bertz CT molecular complexity index is 3110. The van der Waals surface area contributed by atoms with Gasteiger partial charge in [0.1, 0.15) is 5.82 Å². The van der Waals surface area contributed by atoms with E-state index in [0.29, 0.717) is 0 Å². The molecular formula is C58H46N4. The molecule has 0 amide bonds. The fraction of sp³-hybridized carbons (Fsp3) is 0.0690. The molecule has 10 rings (SSSR count). The maximum atomic E-state index is 5.07. The molecule has 0 spiro atoms. The van der Waals surface area contributed by atoms with Gasteiger partial charge in [-0.1, -0.05) is 133 Å². The van der Waals surface area contributed by atoms with Crippen LogP contribution in [0.3, 0.4) is 0 Å². The quantitative estimate of drug-likeness (QED) is 0.146. The van der Waals surface area contributed by atoms with Crippen molar-refractivity contribution in [2.75, 3.05) is 4.90 Å². The molecule has 3 aromatic heterocycles. The van der Waals surface area contributed by atoms with E-state index in [2.05, 4.69) is 219 Å². The van der Waals surface area contributed by atoms with Crippen LogP contribution < -0.4 is 4.90 Å². The molecule has 0 bridgehead atoms. The van der Waals surface area contributed by atoms with Crippen LogP contribution in [0, 0.1) is 27.7 Å². The lowest BCUT2D eigenvalue weighted by Gasteiger charge is -2.29. The average molecular weight is 799 g/mol. The second-order valence-electron chi connectivity index (χ2n) is 16.1. The van der Waals surface area contributed by atoms with Gasteiger partial charge in [-0.15, -0.1) is 0 Å². The number of hydrogen-bond donors (Lipinski definition) is 0. The number of rotatable bonds is 9. The summed E-state index contributed by atoms with van der Waals surface area (Å²) in [5, 5.41) is 1.16. The van der Waals surface area contributed by atoms with Crippen LogP contribution in [-0.2, 0) is 0 Å². The van der Waals surface area contributed by atoms with E-state index in [4.69, 9.17) is 9.97 Å². The minimum atomic E-state index is 0.865. The van der Waals surface area contributed by atoms with Crippen LogP contribution >= 0.6 is 0 Å². The summed E-state index contributed by atoms with van der Waals surface area (Å²) in [6.45, 7) is 8.92. The Morgan fingerprint density at radius 3 is 1.66 bits per heavy atom. The molecule has 0 saturated heterocycles. The topological polar surface area (TPSA) is 34.0 Å². The van der Waals surface area contributed by atoms with Crippen molar-refractivity contribution in [3.05, 3.63) is 229 Å². The molecule has 0 unspecified atom stereocenters. The zero-order valence-corrected chi connectivity index (χ0v) is 35.4. The molecule has 0 fully saturated rings. The van der Waals surface area contributed by atoms with Gasteiger partial charge in [0.15, 0.2) is 0 Å². The first kappa shape index (κ1) is 38.4. The lowest BCUT2D eigenvalue weighted by molar-refractivity contribution is 1.05. The number of nitrogens with zero attached hydrogens (tertiary/aromatic N) is 4. The van der Waals surface area contributed by atoms with Gasteiger partial charge in [0, 0.05) is 51.4 Å². The van der Waals surface area contributed by atoms with E-state index in [1.54, 1.807) is 0 Å². The van der Waals surface area contributed by atoms with E-state index in [0.717, 1.165) is 73.0 Å². The van der Waals surface area contributed by atoms with Crippen molar-refractivity contribution in [3.8, 4) is 61.7 Å². The Morgan fingerprint density at radius 2 is 1.00 bits per heavy atom. The highest BCUT2D eigenvalue weighted by Crippen LogP contribution is 2.49. The number of hydrogen-bond acceptors (Lipinski definition) is 3. The van der Waals surface area contributed by atoms with Crippen molar-refractivity contribution in [1.82, 2.24) is 14.5 Å². The molecular weight excluding hydrogens is 753 g/mol. The number of pyridine rings is 2. The lowest BCUT2D eigenvalue weighted by atomic mass is 9.89. The van der Waals surface area contributed by atoms with Crippen molar-refractivity contribution in [2.24, 2.45) is 0 Å². The van der Waals surface area contributed by atoms with Crippen molar-refractivity contribution < 1.29 is 0 Å². The monoisotopic (exact) mass is 798 g/mol. The molecule has 0 aliphatic heterocycles. The van der Waals surface area contributed by atoms with Crippen molar-refractivity contribution in [2.45, 2.75) is 27.7 Å². The minimum Gasteiger partial charge on any atom is -0.310 e. The van der Waals surface area contributed by atoms with Gasteiger partial charge in [-0.05, 0) is 133 Å². The number of para-hydroxylation sites is 1. The zero-order chi connectivity index (χ0) is 42.2. The van der Waals surface area contributed by atoms with Gasteiger partial charge >= 0.3 is 0 Å². The predicted molar refractivity (Wildman–Crippen MR) is 260 cm³/mol. The Kier molecular flexibility index (Phi) is 10.1. The number of anilines is 3. The second-order valence-corrected chi connectivity index (χ2v) is 16.1. The highest BCUT2D eigenvalue weighted by Gasteiger charge is 2.28. The first-order valence-corrected chi connectivity index (χ1v) is 21.2. The first-order chi connectivity index (χ1) is 30.4. The molecule has 0 atom stereocenters. The van der Waals surface area contributed by atoms with E-state index in [1.165, 1.54) is 38.9 Å². The highest BCUT2D eigenvalue weighted by molar-refractivity contribution is 6.09. The van der Waals surface area contributed by atoms with Crippen molar-refractivity contribution in [1.29, 1.82) is 0 Å². The van der Waals surface area contributed by atoms with Crippen LogP contribution in [0.15, 0.2) is 207 Å². The minimum absolute atomic E-state index is 0.865. The van der Waals surface area contributed by atoms with Gasteiger partial charge in [0.2, 0.25) is 0 Å². The number of fused-ring (bicyclic) bond motifs is 1. The second kappa shape index (κ2) is 16.3. The highest BCUT2D eigenvalue weighted by atomic mass is 15.2. The third kappa shape index (κ3) is 6.96. The van der Waals surface area contributed by atoms with Crippen LogP contribution in [0.5, 0.6) is 0 Å². The van der Waals surface area contributed by atoms with Crippen molar-refractivity contribution >= 4 is 28.0 Å². The third-order valence-corrected chi connectivity index (χ3v) is 12.0. The Balaban J connectivity index is 1.34. The number of aromatic nitrogens is 3. The van der Waals surface area contributed by atoms with E-state index < -0.39 is 0 Å². The van der Waals surface area contributed by atoms with Crippen molar-refractivity contribution in [3.63, 3.8) is 0 Å². The maximum absolute atomic E-state index is 5.07. The summed E-state index contributed by atoms with van der Waals surface area (Å²) in [5.74, 6) is 0.865. The fourth-order valence-corrected chi connectivity index (χ4v) is 9.20. The van der Waals surface area contributed by atoms with Crippen LogP contribution in [-0.4, -0.2) is 14.5 Å². The smallest absolute Gasteiger partial charge is 0.137 e. The Hall–Kier alpha value is -7.82. The average Bonchev–Trinajstić information content (AvgIpc) is 3.63. The summed E-state index contributed by atoms with van der Waals surface area (Å²) in [6, 6.07) is 69.5. The molecule has 0 aliphatic rings.